The number of carbonyl (C=O) groups is 1. The molecule has 2 atom stereocenters. The fourth-order valence-corrected chi connectivity index (χ4v) is 3.83. The van der Waals surface area contributed by atoms with E-state index in [0.717, 1.165) is 6.07 Å². The number of alkyl carbamates (subject to hydrolysis) is 1. The highest BCUT2D eigenvalue weighted by Gasteiger charge is 2.28. The van der Waals surface area contributed by atoms with Gasteiger partial charge in [0.05, 0.1) is 22.7 Å². The van der Waals surface area contributed by atoms with Gasteiger partial charge in [0.25, 0.3) is 0 Å². The first kappa shape index (κ1) is 22.2. The lowest BCUT2D eigenvalue weighted by Gasteiger charge is -2.28. The summed E-state index contributed by atoms with van der Waals surface area (Å²) in [6.45, 7) is 6.98. The number of anilines is 1. The lowest BCUT2D eigenvalue weighted by atomic mass is 10.1. The van der Waals surface area contributed by atoms with Crippen molar-refractivity contribution in [2.45, 2.75) is 45.4 Å². The summed E-state index contributed by atoms with van der Waals surface area (Å²) in [7, 11) is 0. The number of amides is 1. The number of nitrogens with one attached hydrogen (secondary N) is 2. The van der Waals surface area contributed by atoms with Gasteiger partial charge in [0.1, 0.15) is 16.8 Å². The third-order valence-electron chi connectivity index (χ3n) is 3.51. The van der Waals surface area contributed by atoms with E-state index >= 15 is 0 Å². The molecule has 0 fully saturated rings. The summed E-state index contributed by atoms with van der Waals surface area (Å²) in [5, 5.41) is 16.7. The lowest BCUT2D eigenvalue weighted by Crippen LogP contribution is -2.42. The van der Waals surface area contributed by atoms with E-state index in [-0.39, 0.29) is 16.5 Å². The summed E-state index contributed by atoms with van der Waals surface area (Å²) >= 11 is 13.5. The number of halogens is 3. The Hall–Kier alpha value is -2.08. The van der Waals surface area contributed by atoms with Gasteiger partial charge in [0, 0.05) is 4.88 Å². The van der Waals surface area contributed by atoms with E-state index in [1.165, 1.54) is 11.3 Å². The summed E-state index contributed by atoms with van der Waals surface area (Å²) in [5.41, 5.74) is -0.739. The average Bonchev–Trinajstić information content (AvgIpc) is 2.98. The molecule has 0 bridgehead atoms. The van der Waals surface area contributed by atoms with Gasteiger partial charge in [0.2, 0.25) is 0 Å². The molecule has 6 nitrogen and oxygen atoms in total. The average molecular weight is 445 g/mol. The number of aromatic nitrogens is 1. The minimum Gasteiger partial charge on any atom is -0.444 e. The quantitative estimate of drug-likeness (QED) is 0.592. The van der Waals surface area contributed by atoms with Crippen molar-refractivity contribution in [1.29, 1.82) is 5.26 Å². The maximum Gasteiger partial charge on any atom is 0.407 e. The highest BCUT2D eigenvalue weighted by molar-refractivity contribution is 7.10. The molecule has 0 saturated heterocycles. The Morgan fingerprint density at radius 3 is 2.64 bits per heavy atom. The zero-order chi connectivity index (χ0) is 21.1. The van der Waals surface area contributed by atoms with Gasteiger partial charge in [0.15, 0.2) is 11.6 Å². The molecular weight excluding hydrogens is 426 g/mol. The molecule has 0 aliphatic rings. The molecule has 2 N–H and O–H groups in total. The van der Waals surface area contributed by atoms with Gasteiger partial charge < -0.3 is 15.4 Å². The second-order valence-corrected chi connectivity index (χ2v) is 8.67. The van der Waals surface area contributed by atoms with E-state index in [1.807, 2.05) is 0 Å². The van der Waals surface area contributed by atoms with E-state index in [4.69, 9.17) is 33.2 Å². The van der Waals surface area contributed by atoms with Crippen molar-refractivity contribution in [2.75, 3.05) is 5.32 Å². The Morgan fingerprint density at radius 1 is 1.43 bits per heavy atom. The summed E-state index contributed by atoms with van der Waals surface area (Å²) in [4.78, 5) is 16.7. The topological polar surface area (TPSA) is 87.0 Å². The summed E-state index contributed by atoms with van der Waals surface area (Å²) in [6.07, 6.45) is -0.620. The highest BCUT2D eigenvalue weighted by atomic mass is 35.5. The number of ether oxygens (including phenoxy) is 1. The van der Waals surface area contributed by atoms with Crippen molar-refractivity contribution < 1.29 is 13.9 Å². The normalized spacial score (nSPS) is 13.4. The third-order valence-corrected chi connectivity index (χ3v) is 5.24. The van der Waals surface area contributed by atoms with E-state index < -0.39 is 29.6 Å². The molecule has 2 aromatic heterocycles. The minimum atomic E-state index is -0.747. The van der Waals surface area contributed by atoms with Crippen LogP contribution in [0.15, 0.2) is 17.5 Å². The van der Waals surface area contributed by atoms with Crippen LogP contribution in [0, 0.1) is 17.1 Å². The first-order valence-electron chi connectivity index (χ1n) is 8.27. The molecule has 28 heavy (non-hydrogen) atoms. The SMILES string of the molecule is C[C@H](NC(=O)OC(C)(C)C)[C@H](Nc1nc(Cl)c(C#N)cc1F)c1sccc1Cl. The smallest absolute Gasteiger partial charge is 0.407 e. The molecule has 0 radical (unpaired) electrons. The Morgan fingerprint density at radius 2 is 2.11 bits per heavy atom. The van der Waals surface area contributed by atoms with Gasteiger partial charge in [-0.15, -0.1) is 11.3 Å². The second-order valence-electron chi connectivity index (χ2n) is 6.96. The first-order chi connectivity index (χ1) is 13.0. The van der Waals surface area contributed by atoms with Gasteiger partial charge >= 0.3 is 6.09 Å². The minimum absolute atomic E-state index is 0.0737. The molecule has 2 heterocycles. The van der Waals surface area contributed by atoms with E-state index in [1.54, 1.807) is 45.2 Å². The predicted molar refractivity (Wildman–Crippen MR) is 108 cm³/mol. The van der Waals surface area contributed by atoms with Crippen LogP contribution in [0.5, 0.6) is 0 Å². The molecule has 0 unspecified atom stereocenters. The van der Waals surface area contributed by atoms with Crippen LogP contribution in [-0.4, -0.2) is 22.7 Å². The number of nitriles is 1. The van der Waals surface area contributed by atoms with Crippen LogP contribution in [0.2, 0.25) is 10.2 Å². The molecule has 1 amide bonds. The number of rotatable bonds is 5. The Labute approximate surface area is 176 Å². The molecule has 0 spiro atoms. The summed E-state index contributed by atoms with van der Waals surface area (Å²) in [5.74, 6) is -0.903. The van der Waals surface area contributed by atoms with Gasteiger partial charge in [-0.2, -0.15) is 5.26 Å². The predicted octanol–water partition coefficient (Wildman–Crippen LogP) is 5.53. The fourth-order valence-electron chi connectivity index (χ4n) is 2.32. The fraction of sp³-hybridized carbons (Fsp3) is 0.389. The zero-order valence-corrected chi connectivity index (χ0v) is 18.0. The Balaban J connectivity index is 2.31. The molecule has 0 aliphatic carbocycles. The van der Waals surface area contributed by atoms with E-state index in [2.05, 4.69) is 15.6 Å². The number of nitrogens with zero attached hydrogens (tertiary/aromatic N) is 2. The van der Waals surface area contributed by atoms with E-state index in [0.29, 0.717) is 9.90 Å². The number of hydrogen-bond acceptors (Lipinski definition) is 6. The second kappa shape index (κ2) is 8.95. The van der Waals surface area contributed by atoms with Gasteiger partial charge in [-0.3, -0.25) is 0 Å². The van der Waals surface area contributed by atoms with Crippen LogP contribution in [0.25, 0.3) is 0 Å². The summed E-state index contributed by atoms with van der Waals surface area (Å²) < 4.78 is 19.7. The van der Waals surface area contributed by atoms with Gasteiger partial charge in [-0.1, -0.05) is 23.2 Å². The van der Waals surface area contributed by atoms with Crippen LogP contribution in [0.4, 0.5) is 15.0 Å². The number of thiophene rings is 1. The van der Waals surface area contributed by atoms with Crippen LogP contribution in [-0.2, 0) is 4.74 Å². The largest absolute Gasteiger partial charge is 0.444 e. The van der Waals surface area contributed by atoms with Crippen molar-refractivity contribution in [3.63, 3.8) is 0 Å². The number of hydrogen-bond donors (Lipinski definition) is 2. The van der Waals surface area contributed by atoms with Crippen molar-refractivity contribution in [2.24, 2.45) is 0 Å². The maximum atomic E-state index is 14.4. The molecular formula is C18H19Cl2FN4O2S. The molecule has 0 aliphatic heterocycles. The zero-order valence-electron chi connectivity index (χ0n) is 15.6. The highest BCUT2D eigenvalue weighted by Crippen LogP contribution is 2.34. The number of pyridine rings is 1. The first-order valence-corrected chi connectivity index (χ1v) is 9.90. The molecule has 2 aromatic rings. The Bertz CT molecular complexity index is 908. The third kappa shape index (κ3) is 5.71. The molecule has 2 rings (SSSR count). The van der Waals surface area contributed by atoms with Crippen LogP contribution < -0.4 is 10.6 Å². The monoisotopic (exact) mass is 444 g/mol. The van der Waals surface area contributed by atoms with E-state index in [9.17, 15) is 9.18 Å². The van der Waals surface area contributed by atoms with Crippen LogP contribution >= 0.6 is 34.5 Å². The lowest BCUT2D eigenvalue weighted by molar-refractivity contribution is 0.0503. The summed E-state index contributed by atoms with van der Waals surface area (Å²) in [6, 6.07) is 3.31. The van der Waals surface area contributed by atoms with Crippen LogP contribution in [0.1, 0.15) is 44.2 Å². The van der Waals surface area contributed by atoms with Crippen molar-refractivity contribution in [3.05, 3.63) is 43.9 Å². The molecule has 0 saturated carbocycles. The Kier molecular flexibility index (Phi) is 7.10. The molecule has 10 heteroatoms. The van der Waals surface area contributed by atoms with Crippen molar-refractivity contribution >= 4 is 46.4 Å². The molecule has 150 valence electrons. The van der Waals surface area contributed by atoms with Crippen LogP contribution in [0.3, 0.4) is 0 Å². The standard InChI is InChI=1S/C18H19Cl2FN4O2S/c1-9(23-17(26)27-18(2,3)4)13(14-11(19)5-6-28-14)24-16-12(21)7-10(8-22)15(20)25-16/h5-7,9,13H,1-4H3,(H,23,26)(H,24,25)/t9-,13-/m0/s1. The maximum absolute atomic E-state index is 14.4. The van der Waals surface area contributed by atoms with Gasteiger partial charge in [-0.05, 0) is 45.2 Å². The van der Waals surface area contributed by atoms with Crippen molar-refractivity contribution in [1.82, 2.24) is 10.3 Å². The van der Waals surface area contributed by atoms with Gasteiger partial charge in [-0.25, -0.2) is 14.2 Å². The molecule has 0 aromatic carbocycles. The number of carbonyl (C=O) groups excluding carboxylic acids is 1. The van der Waals surface area contributed by atoms with Crippen molar-refractivity contribution in [3.8, 4) is 6.07 Å².